The summed E-state index contributed by atoms with van der Waals surface area (Å²) in [6.07, 6.45) is 1.90. The third kappa shape index (κ3) is 4.01. The highest BCUT2D eigenvalue weighted by atomic mass is 32.2. The van der Waals surface area contributed by atoms with Crippen LogP contribution in [0.1, 0.15) is 31.9 Å². The molecular formula is C17H21NOS. The molecule has 0 aliphatic carbocycles. The van der Waals surface area contributed by atoms with Gasteiger partial charge < -0.3 is 4.74 Å². The van der Waals surface area contributed by atoms with Gasteiger partial charge in [0.25, 0.3) is 0 Å². The van der Waals surface area contributed by atoms with E-state index in [2.05, 4.69) is 50.0 Å². The van der Waals surface area contributed by atoms with Gasteiger partial charge in [0.1, 0.15) is 5.75 Å². The van der Waals surface area contributed by atoms with Crippen LogP contribution >= 0.6 is 11.8 Å². The largest absolute Gasteiger partial charge is 0.497 e. The zero-order valence-electron chi connectivity index (χ0n) is 12.5. The Kier molecular flexibility index (Phi) is 4.71. The second-order valence-electron chi connectivity index (χ2n) is 5.77. The molecule has 0 unspecified atom stereocenters. The lowest BCUT2D eigenvalue weighted by Gasteiger charge is -2.19. The van der Waals surface area contributed by atoms with Crippen molar-refractivity contribution in [3.63, 3.8) is 0 Å². The molecule has 1 aromatic carbocycles. The van der Waals surface area contributed by atoms with E-state index in [1.807, 2.05) is 18.3 Å². The minimum atomic E-state index is 0.165. The molecule has 2 aromatic rings. The van der Waals surface area contributed by atoms with Crippen molar-refractivity contribution in [1.82, 2.24) is 4.98 Å². The van der Waals surface area contributed by atoms with Crippen molar-refractivity contribution >= 4 is 11.8 Å². The Bertz CT molecular complexity index is 558. The summed E-state index contributed by atoms with van der Waals surface area (Å²) in [5.41, 5.74) is 2.77. The molecule has 2 nitrogen and oxygen atoms in total. The SMILES string of the molecule is COc1ccc(CSc2cc(C(C)(C)C)ccn2)cc1. The van der Waals surface area contributed by atoms with Gasteiger partial charge >= 0.3 is 0 Å². The standard InChI is InChI=1S/C17H21NOS/c1-17(2,3)14-9-10-18-16(11-14)20-12-13-5-7-15(19-4)8-6-13/h5-11H,12H2,1-4H3. The van der Waals surface area contributed by atoms with Crippen molar-refractivity contribution < 1.29 is 4.74 Å². The maximum absolute atomic E-state index is 5.17. The van der Waals surface area contributed by atoms with Gasteiger partial charge in [0.05, 0.1) is 12.1 Å². The zero-order valence-corrected chi connectivity index (χ0v) is 13.3. The molecule has 0 aliphatic heterocycles. The molecule has 0 N–H and O–H groups in total. The fourth-order valence-corrected chi connectivity index (χ4v) is 2.69. The van der Waals surface area contributed by atoms with E-state index >= 15 is 0 Å². The molecule has 0 spiro atoms. The predicted molar refractivity (Wildman–Crippen MR) is 85.5 cm³/mol. The van der Waals surface area contributed by atoms with E-state index in [-0.39, 0.29) is 5.41 Å². The van der Waals surface area contributed by atoms with E-state index in [0.717, 1.165) is 16.5 Å². The lowest BCUT2D eigenvalue weighted by molar-refractivity contribution is 0.414. The Morgan fingerprint density at radius 3 is 2.40 bits per heavy atom. The first-order valence-corrected chi connectivity index (χ1v) is 7.70. The van der Waals surface area contributed by atoms with Gasteiger partial charge in [0.2, 0.25) is 0 Å². The summed E-state index contributed by atoms with van der Waals surface area (Å²) in [5.74, 6) is 1.82. The minimum absolute atomic E-state index is 0.165. The molecule has 0 saturated carbocycles. The van der Waals surface area contributed by atoms with Crippen molar-refractivity contribution in [2.75, 3.05) is 7.11 Å². The molecule has 1 aromatic heterocycles. The molecule has 0 fully saturated rings. The number of benzene rings is 1. The van der Waals surface area contributed by atoms with E-state index in [9.17, 15) is 0 Å². The number of rotatable bonds is 4. The first-order valence-electron chi connectivity index (χ1n) is 6.71. The second kappa shape index (κ2) is 6.31. The van der Waals surface area contributed by atoms with Crippen LogP contribution in [0, 0.1) is 0 Å². The molecule has 1 heterocycles. The highest BCUT2D eigenvalue weighted by molar-refractivity contribution is 7.98. The molecule has 2 rings (SSSR count). The van der Waals surface area contributed by atoms with Gasteiger partial charge in [-0.2, -0.15) is 0 Å². The summed E-state index contributed by atoms with van der Waals surface area (Å²) in [6.45, 7) is 6.67. The highest BCUT2D eigenvalue weighted by Gasteiger charge is 2.14. The van der Waals surface area contributed by atoms with Crippen molar-refractivity contribution in [2.45, 2.75) is 37.0 Å². The first-order chi connectivity index (χ1) is 9.49. The summed E-state index contributed by atoms with van der Waals surface area (Å²) in [6, 6.07) is 12.5. The predicted octanol–water partition coefficient (Wildman–Crippen LogP) is 4.68. The third-order valence-electron chi connectivity index (χ3n) is 3.15. The van der Waals surface area contributed by atoms with Crippen LogP contribution in [0.2, 0.25) is 0 Å². The quantitative estimate of drug-likeness (QED) is 0.762. The number of hydrogen-bond acceptors (Lipinski definition) is 3. The Hall–Kier alpha value is -1.48. The van der Waals surface area contributed by atoms with Crippen LogP contribution < -0.4 is 4.74 Å². The summed E-state index contributed by atoms with van der Waals surface area (Å²) in [7, 11) is 1.69. The van der Waals surface area contributed by atoms with Crippen LogP contribution in [-0.2, 0) is 11.2 Å². The van der Waals surface area contributed by atoms with E-state index in [0.29, 0.717) is 0 Å². The number of thioether (sulfide) groups is 1. The van der Waals surface area contributed by atoms with Crippen LogP contribution in [0.5, 0.6) is 5.75 Å². The monoisotopic (exact) mass is 287 g/mol. The van der Waals surface area contributed by atoms with Crippen LogP contribution in [-0.4, -0.2) is 12.1 Å². The number of ether oxygens (including phenoxy) is 1. The molecule has 20 heavy (non-hydrogen) atoms. The number of aromatic nitrogens is 1. The van der Waals surface area contributed by atoms with Crippen LogP contribution in [0.15, 0.2) is 47.6 Å². The summed E-state index contributed by atoms with van der Waals surface area (Å²) in [4.78, 5) is 4.44. The van der Waals surface area contributed by atoms with Crippen LogP contribution in [0.25, 0.3) is 0 Å². The van der Waals surface area contributed by atoms with Gasteiger partial charge in [-0.1, -0.05) is 32.9 Å². The maximum atomic E-state index is 5.17. The normalized spacial score (nSPS) is 11.4. The van der Waals surface area contributed by atoms with E-state index in [1.54, 1.807) is 18.9 Å². The fourth-order valence-electron chi connectivity index (χ4n) is 1.83. The molecule has 0 saturated heterocycles. The molecule has 106 valence electrons. The lowest BCUT2D eigenvalue weighted by Crippen LogP contribution is -2.11. The maximum Gasteiger partial charge on any atom is 0.118 e. The lowest BCUT2D eigenvalue weighted by atomic mass is 9.88. The van der Waals surface area contributed by atoms with Crippen LogP contribution in [0.3, 0.4) is 0 Å². The summed E-state index contributed by atoms with van der Waals surface area (Å²) in [5, 5.41) is 1.08. The zero-order chi connectivity index (χ0) is 14.6. The van der Waals surface area contributed by atoms with Crippen molar-refractivity contribution in [3.05, 3.63) is 53.7 Å². The van der Waals surface area contributed by atoms with Crippen molar-refractivity contribution in [2.24, 2.45) is 0 Å². The summed E-state index contributed by atoms with van der Waals surface area (Å²) < 4.78 is 5.17. The Labute approximate surface area is 125 Å². The Morgan fingerprint density at radius 2 is 1.80 bits per heavy atom. The van der Waals surface area contributed by atoms with Crippen LogP contribution in [0.4, 0.5) is 0 Å². The highest BCUT2D eigenvalue weighted by Crippen LogP contribution is 2.27. The van der Waals surface area contributed by atoms with Gasteiger partial charge in [-0.05, 0) is 40.8 Å². The third-order valence-corrected chi connectivity index (χ3v) is 4.14. The van der Waals surface area contributed by atoms with Crippen molar-refractivity contribution in [3.8, 4) is 5.75 Å². The number of hydrogen-bond donors (Lipinski definition) is 0. The first kappa shape index (κ1) is 14.9. The molecule has 0 aliphatic rings. The number of pyridine rings is 1. The molecule has 0 amide bonds. The van der Waals surface area contributed by atoms with E-state index in [1.165, 1.54) is 11.1 Å². The molecule has 0 bridgehead atoms. The molecule has 3 heteroatoms. The minimum Gasteiger partial charge on any atom is -0.497 e. The number of methoxy groups -OCH3 is 1. The van der Waals surface area contributed by atoms with Gasteiger partial charge in [-0.25, -0.2) is 4.98 Å². The number of nitrogens with zero attached hydrogens (tertiary/aromatic N) is 1. The molecule has 0 atom stereocenters. The average molecular weight is 287 g/mol. The van der Waals surface area contributed by atoms with Gasteiger partial charge in [0, 0.05) is 11.9 Å². The van der Waals surface area contributed by atoms with Gasteiger partial charge in [-0.3, -0.25) is 0 Å². The van der Waals surface area contributed by atoms with Gasteiger partial charge in [0.15, 0.2) is 0 Å². The van der Waals surface area contributed by atoms with Crippen molar-refractivity contribution in [1.29, 1.82) is 0 Å². The smallest absolute Gasteiger partial charge is 0.118 e. The Morgan fingerprint density at radius 1 is 1.10 bits per heavy atom. The molecular weight excluding hydrogens is 266 g/mol. The second-order valence-corrected chi connectivity index (χ2v) is 6.77. The fraction of sp³-hybridized carbons (Fsp3) is 0.353. The molecule has 0 radical (unpaired) electrons. The van der Waals surface area contributed by atoms with E-state index in [4.69, 9.17) is 4.74 Å². The topological polar surface area (TPSA) is 22.1 Å². The summed E-state index contributed by atoms with van der Waals surface area (Å²) >= 11 is 1.77. The van der Waals surface area contributed by atoms with E-state index < -0.39 is 0 Å². The van der Waals surface area contributed by atoms with Gasteiger partial charge in [-0.15, -0.1) is 11.8 Å². The average Bonchev–Trinajstić information content (AvgIpc) is 2.45. The Balaban J connectivity index is 2.03.